The summed E-state index contributed by atoms with van der Waals surface area (Å²) in [6, 6.07) is 8.71. The zero-order valence-electron chi connectivity index (χ0n) is 3.83. The quantitative estimate of drug-likeness (QED) is 0.581. The van der Waals surface area contributed by atoms with Gasteiger partial charge in [0.2, 0.25) is 0 Å². The molecule has 1 aromatic carbocycles. The van der Waals surface area contributed by atoms with E-state index in [1.807, 2.05) is 6.07 Å². The maximum absolute atomic E-state index is 8.63. The molecule has 0 saturated carbocycles. The van der Waals surface area contributed by atoms with Crippen LogP contribution in [0.2, 0.25) is 0 Å². The van der Waals surface area contributed by atoms with Gasteiger partial charge in [0.1, 0.15) is 5.75 Å². The second kappa shape index (κ2) is 4.39. The topological polar surface area (TPSA) is 20.2 Å². The molecule has 0 saturated heterocycles. The average molecular weight is 184 g/mol. The summed E-state index contributed by atoms with van der Waals surface area (Å²) in [5, 5.41) is 8.63. The molecule has 0 bridgehead atoms. The zero-order valence-corrected chi connectivity index (χ0v) is 3.83. The van der Waals surface area contributed by atoms with Gasteiger partial charge in [0.05, 0.1) is 0 Å². The van der Waals surface area contributed by atoms with E-state index >= 15 is 0 Å². The fourth-order valence-corrected chi connectivity index (χ4v) is 0.428. The van der Waals surface area contributed by atoms with Gasteiger partial charge in [-0.05, 0) is 12.1 Å². The number of phenols is 1. The summed E-state index contributed by atoms with van der Waals surface area (Å²) in [5.74, 6) is 0.322. The van der Waals surface area contributed by atoms with Gasteiger partial charge in [0.25, 0.3) is 0 Å². The van der Waals surface area contributed by atoms with Crippen molar-refractivity contribution in [2.75, 3.05) is 0 Å². The summed E-state index contributed by atoms with van der Waals surface area (Å²) in [5.41, 5.74) is 0. The van der Waals surface area contributed by atoms with Gasteiger partial charge < -0.3 is 5.11 Å². The Balaban J connectivity index is 0.000000490. The second-order valence-corrected chi connectivity index (χ2v) is 1.34. The number of rotatable bonds is 0. The van der Waals surface area contributed by atoms with Gasteiger partial charge in [-0.1, -0.05) is 18.2 Å². The molecular weight excluding hydrogens is 176 g/mol. The minimum absolute atomic E-state index is 0. The van der Waals surface area contributed by atoms with Crippen LogP contribution in [0.1, 0.15) is 0 Å². The first-order valence-electron chi connectivity index (χ1n) is 2.13. The van der Waals surface area contributed by atoms with Crippen LogP contribution in [0.4, 0.5) is 0 Å². The third-order valence-electron chi connectivity index (χ3n) is 0.756. The van der Waals surface area contributed by atoms with E-state index in [1.54, 1.807) is 24.3 Å². The zero-order chi connectivity index (χ0) is 5.11. The second-order valence-electron chi connectivity index (χ2n) is 1.34. The van der Waals surface area contributed by atoms with E-state index in [-0.39, 0.29) is 45.5 Å². The van der Waals surface area contributed by atoms with Gasteiger partial charge in [-0.2, -0.15) is 0 Å². The molecule has 0 heterocycles. The van der Waals surface area contributed by atoms with E-state index in [2.05, 4.69) is 0 Å². The third kappa shape index (κ3) is 2.72. The fraction of sp³-hybridized carbons (Fsp3) is 0. The Morgan fingerprint density at radius 2 is 1.50 bits per heavy atom. The molecule has 1 N–H and O–H groups in total. The van der Waals surface area contributed by atoms with Crippen LogP contribution in [0, 0.1) is 0 Å². The Hall–Kier alpha value is 0.501. The van der Waals surface area contributed by atoms with Gasteiger partial charge in [0, 0.05) is 0 Å². The summed E-state index contributed by atoms with van der Waals surface area (Å²) >= 11 is 0. The van der Waals surface area contributed by atoms with Crippen LogP contribution < -0.4 is 0 Å². The van der Waals surface area contributed by atoms with Crippen LogP contribution in [0.15, 0.2) is 30.3 Å². The van der Waals surface area contributed by atoms with Gasteiger partial charge in [-0.3, -0.25) is 0 Å². The number of hydrogen-bond acceptors (Lipinski definition) is 1. The molecule has 1 nitrogen and oxygen atoms in total. The van der Waals surface area contributed by atoms with E-state index in [1.165, 1.54) is 0 Å². The molecule has 2 heteroatoms. The Morgan fingerprint density at radius 3 is 1.75 bits per heavy atom. The van der Waals surface area contributed by atoms with Gasteiger partial charge >= 0.3 is 45.5 Å². The molecule has 0 unspecified atom stereocenters. The normalized spacial score (nSPS) is 7.50. The van der Waals surface area contributed by atoms with Crippen LogP contribution in [-0.2, 0) is 0 Å². The fourth-order valence-electron chi connectivity index (χ4n) is 0.428. The number of hydrogen-bond donors (Lipinski definition) is 1. The molecule has 0 spiro atoms. The Morgan fingerprint density at radius 1 is 1.00 bits per heavy atom. The van der Waals surface area contributed by atoms with E-state index < -0.39 is 0 Å². The molecule has 0 aliphatic rings. The predicted molar refractivity (Wildman–Crippen MR) is 36.7 cm³/mol. The number of para-hydroxylation sites is 1. The van der Waals surface area contributed by atoms with Crippen molar-refractivity contribution >= 4 is 45.5 Å². The van der Waals surface area contributed by atoms with Crippen LogP contribution in [0.25, 0.3) is 0 Å². The van der Waals surface area contributed by atoms with Gasteiger partial charge in [-0.25, -0.2) is 0 Å². The average Bonchev–Trinajstić information content (AvgIpc) is 1.69. The Labute approximate surface area is 85.6 Å². The summed E-state index contributed by atoms with van der Waals surface area (Å²) in [6.07, 6.45) is 0. The van der Waals surface area contributed by atoms with E-state index in [9.17, 15) is 0 Å². The first-order valence-corrected chi connectivity index (χ1v) is 2.13. The first kappa shape index (κ1) is 8.50. The minimum atomic E-state index is 0. The number of phenolic OH excluding ortho intramolecular Hbond substituents is 1. The van der Waals surface area contributed by atoms with Crippen molar-refractivity contribution in [1.82, 2.24) is 0 Å². The Bertz CT molecular complexity index is 138. The van der Waals surface area contributed by atoms with Crippen LogP contribution >= 0.6 is 0 Å². The number of aromatic hydroxyl groups is 1. The Kier molecular flexibility index (Phi) is 4.66. The van der Waals surface area contributed by atoms with Crippen molar-refractivity contribution in [2.24, 2.45) is 0 Å². The molecular formula is C6H8OSr. The molecule has 0 aliphatic carbocycles. The maximum atomic E-state index is 8.63. The molecule has 0 atom stereocenters. The molecule has 0 aliphatic heterocycles. The SMILES string of the molecule is Oc1ccccc1.[SrH2]. The molecule has 0 radical (unpaired) electrons. The van der Waals surface area contributed by atoms with Gasteiger partial charge in [-0.15, -0.1) is 0 Å². The van der Waals surface area contributed by atoms with E-state index in [0.29, 0.717) is 5.75 Å². The predicted octanol–water partition coefficient (Wildman–Crippen LogP) is 0.476. The summed E-state index contributed by atoms with van der Waals surface area (Å²) in [6.45, 7) is 0. The van der Waals surface area contributed by atoms with Crippen LogP contribution in [-0.4, -0.2) is 50.6 Å². The molecule has 0 amide bonds. The number of benzene rings is 1. The third-order valence-corrected chi connectivity index (χ3v) is 0.756. The van der Waals surface area contributed by atoms with Crippen molar-refractivity contribution in [1.29, 1.82) is 0 Å². The van der Waals surface area contributed by atoms with Crippen molar-refractivity contribution in [3.05, 3.63) is 30.3 Å². The monoisotopic (exact) mass is 184 g/mol. The molecule has 1 aromatic rings. The van der Waals surface area contributed by atoms with Gasteiger partial charge in [0.15, 0.2) is 0 Å². The molecule has 40 valence electrons. The molecule has 0 aromatic heterocycles. The summed E-state index contributed by atoms with van der Waals surface area (Å²) < 4.78 is 0. The molecule has 8 heavy (non-hydrogen) atoms. The van der Waals surface area contributed by atoms with Crippen molar-refractivity contribution < 1.29 is 5.11 Å². The standard InChI is InChI=1S/C6H6O.Sr.2H/c7-6-4-2-1-3-5-6;;;/h1-5,7H;;;. The summed E-state index contributed by atoms with van der Waals surface area (Å²) in [4.78, 5) is 0. The summed E-state index contributed by atoms with van der Waals surface area (Å²) in [7, 11) is 0. The molecule has 1 rings (SSSR count). The van der Waals surface area contributed by atoms with Crippen LogP contribution in [0.3, 0.4) is 0 Å². The first-order chi connectivity index (χ1) is 3.39. The van der Waals surface area contributed by atoms with Crippen LogP contribution in [0.5, 0.6) is 5.75 Å². The van der Waals surface area contributed by atoms with E-state index in [4.69, 9.17) is 5.11 Å². The van der Waals surface area contributed by atoms with E-state index in [0.717, 1.165) is 0 Å². The van der Waals surface area contributed by atoms with Crippen molar-refractivity contribution in [2.45, 2.75) is 0 Å². The molecule has 0 fully saturated rings. The van der Waals surface area contributed by atoms with Crippen molar-refractivity contribution in [3.63, 3.8) is 0 Å². The van der Waals surface area contributed by atoms with Crippen molar-refractivity contribution in [3.8, 4) is 5.75 Å².